The van der Waals surface area contributed by atoms with E-state index in [0.717, 1.165) is 17.3 Å². The van der Waals surface area contributed by atoms with E-state index >= 15 is 0 Å². The number of anilines is 2. The molecule has 0 saturated carbocycles. The molecule has 0 aliphatic carbocycles. The zero-order chi connectivity index (χ0) is 13.0. The van der Waals surface area contributed by atoms with Crippen molar-refractivity contribution in [2.24, 2.45) is 0 Å². The van der Waals surface area contributed by atoms with E-state index in [4.69, 9.17) is 9.68 Å². The molecule has 1 N–H and O–H groups in total. The second-order valence-corrected chi connectivity index (χ2v) is 4.00. The average molecular weight is 242 g/mol. The van der Waals surface area contributed by atoms with Crippen molar-refractivity contribution >= 4 is 11.5 Å². The molecule has 0 bridgehead atoms. The van der Waals surface area contributed by atoms with Gasteiger partial charge in [0.05, 0.1) is 12.2 Å². The van der Waals surface area contributed by atoms with E-state index in [1.807, 2.05) is 37.2 Å². The predicted octanol–water partition coefficient (Wildman–Crippen LogP) is 2.22. The molecule has 5 heteroatoms. The van der Waals surface area contributed by atoms with Gasteiger partial charge in [0, 0.05) is 20.3 Å². The lowest BCUT2D eigenvalue weighted by atomic mass is 10.3. The Balaban J connectivity index is 2.08. The fraction of sp³-hybridized carbons (Fsp3) is 0.231. The molecule has 18 heavy (non-hydrogen) atoms. The standard InChI is InChI=1S/C13H14N4O/c1-17(2)13-12(4-3-7-15-13)16-9-11-6-5-10(8-14)18-11/h3-7,16H,9H2,1-2H3. The van der Waals surface area contributed by atoms with Gasteiger partial charge >= 0.3 is 0 Å². The number of nitrogens with zero attached hydrogens (tertiary/aromatic N) is 3. The molecule has 92 valence electrons. The molecule has 5 nitrogen and oxygen atoms in total. The van der Waals surface area contributed by atoms with E-state index in [1.165, 1.54) is 0 Å². The van der Waals surface area contributed by atoms with Crippen molar-refractivity contribution in [1.29, 1.82) is 5.26 Å². The normalized spacial score (nSPS) is 9.83. The highest BCUT2D eigenvalue weighted by atomic mass is 16.3. The first-order chi connectivity index (χ1) is 8.70. The highest BCUT2D eigenvalue weighted by Crippen LogP contribution is 2.21. The predicted molar refractivity (Wildman–Crippen MR) is 69.3 cm³/mol. The Bertz CT molecular complexity index is 568. The number of hydrogen-bond acceptors (Lipinski definition) is 5. The largest absolute Gasteiger partial charge is 0.449 e. The summed E-state index contributed by atoms with van der Waals surface area (Å²) in [4.78, 5) is 6.23. The van der Waals surface area contributed by atoms with Gasteiger partial charge in [-0.25, -0.2) is 4.98 Å². The maximum Gasteiger partial charge on any atom is 0.203 e. The SMILES string of the molecule is CN(C)c1ncccc1NCc1ccc(C#N)o1. The van der Waals surface area contributed by atoms with Crippen molar-refractivity contribution in [3.63, 3.8) is 0 Å². The lowest BCUT2D eigenvalue weighted by Crippen LogP contribution is -2.13. The molecule has 0 spiro atoms. The van der Waals surface area contributed by atoms with Crippen molar-refractivity contribution < 1.29 is 4.42 Å². The van der Waals surface area contributed by atoms with Gasteiger partial charge in [-0.05, 0) is 24.3 Å². The quantitative estimate of drug-likeness (QED) is 0.890. The first-order valence-electron chi connectivity index (χ1n) is 5.55. The number of furan rings is 1. The Morgan fingerprint density at radius 2 is 2.22 bits per heavy atom. The van der Waals surface area contributed by atoms with Crippen LogP contribution in [0, 0.1) is 11.3 Å². The number of hydrogen-bond donors (Lipinski definition) is 1. The molecule has 0 fully saturated rings. The van der Waals surface area contributed by atoms with E-state index < -0.39 is 0 Å². The third-order valence-electron chi connectivity index (χ3n) is 2.44. The van der Waals surface area contributed by atoms with E-state index in [0.29, 0.717) is 12.3 Å². The van der Waals surface area contributed by atoms with Gasteiger partial charge < -0.3 is 14.6 Å². The van der Waals surface area contributed by atoms with Crippen LogP contribution in [0.3, 0.4) is 0 Å². The van der Waals surface area contributed by atoms with Gasteiger partial charge in [-0.3, -0.25) is 0 Å². The molecule has 0 aliphatic heterocycles. The Kier molecular flexibility index (Phi) is 3.49. The summed E-state index contributed by atoms with van der Waals surface area (Å²) < 4.78 is 5.30. The fourth-order valence-corrected chi connectivity index (χ4v) is 1.61. The van der Waals surface area contributed by atoms with Crippen LogP contribution in [0.15, 0.2) is 34.9 Å². The Hall–Kier alpha value is -2.48. The average Bonchev–Trinajstić information content (AvgIpc) is 2.84. The summed E-state index contributed by atoms with van der Waals surface area (Å²) in [6, 6.07) is 9.24. The molecule has 0 atom stereocenters. The lowest BCUT2D eigenvalue weighted by molar-refractivity contribution is 0.506. The molecule has 2 aromatic rings. The van der Waals surface area contributed by atoms with Crippen LogP contribution >= 0.6 is 0 Å². The molecule has 2 aromatic heterocycles. The first kappa shape index (κ1) is 12.0. The second-order valence-electron chi connectivity index (χ2n) is 4.00. The van der Waals surface area contributed by atoms with Gasteiger partial charge in [0.1, 0.15) is 11.8 Å². The zero-order valence-corrected chi connectivity index (χ0v) is 10.3. The van der Waals surface area contributed by atoms with Crippen LogP contribution in [0.25, 0.3) is 0 Å². The molecule has 2 heterocycles. The fourth-order valence-electron chi connectivity index (χ4n) is 1.61. The van der Waals surface area contributed by atoms with E-state index in [-0.39, 0.29) is 0 Å². The minimum absolute atomic E-state index is 0.325. The number of nitrogens with one attached hydrogen (secondary N) is 1. The Labute approximate surface area is 106 Å². The van der Waals surface area contributed by atoms with Crippen LogP contribution in [-0.4, -0.2) is 19.1 Å². The van der Waals surface area contributed by atoms with Crippen molar-refractivity contribution in [3.05, 3.63) is 42.0 Å². The van der Waals surface area contributed by atoms with E-state index in [9.17, 15) is 0 Å². The van der Waals surface area contributed by atoms with Crippen molar-refractivity contribution in [3.8, 4) is 6.07 Å². The van der Waals surface area contributed by atoms with Gasteiger partial charge in [0.2, 0.25) is 5.76 Å². The maximum atomic E-state index is 8.67. The van der Waals surface area contributed by atoms with Crippen LogP contribution in [0.4, 0.5) is 11.5 Å². The zero-order valence-electron chi connectivity index (χ0n) is 10.3. The van der Waals surface area contributed by atoms with Gasteiger partial charge in [0.15, 0.2) is 5.82 Å². The van der Waals surface area contributed by atoms with Crippen molar-refractivity contribution in [2.45, 2.75) is 6.54 Å². The molecule has 0 aliphatic rings. The Morgan fingerprint density at radius 3 is 2.89 bits per heavy atom. The van der Waals surface area contributed by atoms with Gasteiger partial charge in [-0.15, -0.1) is 0 Å². The smallest absolute Gasteiger partial charge is 0.203 e. The number of nitriles is 1. The second kappa shape index (κ2) is 5.23. The van der Waals surface area contributed by atoms with Gasteiger partial charge in [0.25, 0.3) is 0 Å². The summed E-state index contributed by atoms with van der Waals surface area (Å²) in [5.41, 5.74) is 0.928. The first-order valence-corrected chi connectivity index (χ1v) is 5.55. The minimum Gasteiger partial charge on any atom is -0.449 e. The van der Waals surface area contributed by atoms with Crippen molar-refractivity contribution in [2.75, 3.05) is 24.3 Å². The van der Waals surface area contributed by atoms with Crippen LogP contribution < -0.4 is 10.2 Å². The summed E-state index contributed by atoms with van der Waals surface area (Å²) in [6.07, 6.45) is 1.75. The molecule has 2 rings (SSSR count). The molecular weight excluding hydrogens is 228 g/mol. The molecule has 0 amide bonds. The van der Waals surface area contributed by atoms with Gasteiger partial charge in [-0.2, -0.15) is 5.26 Å². The number of aromatic nitrogens is 1. The van der Waals surface area contributed by atoms with Gasteiger partial charge in [-0.1, -0.05) is 0 Å². The number of rotatable bonds is 4. The molecule has 0 radical (unpaired) electrons. The summed E-state index contributed by atoms with van der Waals surface area (Å²) >= 11 is 0. The molecular formula is C13H14N4O. The highest BCUT2D eigenvalue weighted by Gasteiger charge is 2.06. The Morgan fingerprint density at radius 1 is 1.39 bits per heavy atom. The topological polar surface area (TPSA) is 65.1 Å². The van der Waals surface area contributed by atoms with E-state index in [1.54, 1.807) is 18.3 Å². The maximum absolute atomic E-state index is 8.67. The van der Waals surface area contributed by atoms with Crippen LogP contribution in [0.5, 0.6) is 0 Å². The summed E-state index contributed by atoms with van der Waals surface area (Å²) in [5.74, 6) is 1.91. The van der Waals surface area contributed by atoms with Crippen LogP contribution in [0.2, 0.25) is 0 Å². The summed E-state index contributed by atoms with van der Waals surface area (Å²) in [7, 11) is 3.88. The minimum atomic E-state index is 0.325. The van der Waals surface area contributed by atoms with E-state index in [2.05, 4.69) is 10.3 Å². The van der Waals surface area contributed by atoms with Crippen LogP contribution in [0.1, 0.15) is 11.5 Å². The highest BCUT2D eigenvalue weighted by molar-refractivity contribution is 5.64. The third-order valence-corrected chi connectivity index (χ3v) is 2.44. The lowest BCUT2D eigenvalue weighted by Gasteiger charge is -2.16. The molecule has 0 unspecified atom stereocenters. The summed E-state index contributed by atoms with van der Waals surface area (Å²) in [5, 5.41) is 11.9. The summed E-state index contributed by atoms with van der Waals surface area (Å²) in [6.45, 7) is 0.522. The van der Waals surface area contributed by atoms with Crippen molar-refractivity contribution in [1.82, 2.24) is 4.98 Å². The number of pyridine rings is 1. The van der Waals surface area contributed by atoms with Crippen LogP contribution in [-0.2, 0) is 6.54 Å². The molecule has 0 aromatic carbocycles. The molecule has 0 saturated heterocycles. The monoisotopic (exact) mass is 242 g/mol. The third kappa shape index (κ3) is 2.61.